The Labute approximate surface area is 284 Å². The van der Waals surface area contributed by atoms with Gasteiger partial charge >= 0.3 is 0 Å². The first-order valence-corrected chi connectivity index (χ1v) is 16.4. The summed E-state index contributed by atoms with van der Waals surface area (Å²) < 4.78 is 6.14. The molecule has 0 radical (unpaired) electrons. The number of nitrogens with zero attached hydrogens (tertiary/aromatic N) is 3. The highest BCUT2D eigenvalue weighted by Crippen LogP contribution is 2.37. The fraction of sp³-hybridized carbons (Fsp3) is 0. The van der Waals surface area contributed by atoms with E-state index in [9.17, 15) is 0 Å². The van der Waals surface area contributed by atoms with Crippen molar-refractivity contribution >= 4 is 21.9 Å². The van der Waals surface area contributed by atoms with E-state index in [4.69, 9.17) is 19.4 Å². The summed E-state index contributed by atoms with van der Waals surface area (Å²) in [6.07, 6.45) is 0. The number of hydrogen-bond donors (Lipinski definition) is 0. The van der Waals surface area contributed by atoms with Crippen molar-refractivity contribution in [2.45, 2.75) is 0 Å². The molecule has 9 rings (SSSR count). The number of rotatable bonds is 6. The van der Waals surface area contributed by atoms with Gasteiger partial charge < -0.3 is 4.42 Å². The molecular formula is C45H29N3O. The Morgan fingerprint density at radius 2 is 0.755 bits per heavy atom. The van der Waals surface area contributed by atoms with Crippen LogP contribution in [-0.2, 0) is 0 Å². The first-order valence-electron chi connectivity index (χ1n) is 16.4. The average Bonchev–Trinajstić information content (AvgIpc) is 3.58. The molecule has 49 heavy (non-hydrogen) atoms. The van der Waals surface area contributed by atoms with Gasteiger partial charge in [-0.15, -0.1) is 0 Å². The van der Waals surface area contributed by atoms with Gasteiger partial charge in [0.1, 0.15) is 11.2 Å². The number of hydrogen-bond acceptors (Lipinski definition) is 4. The maximum absolute atomic E-state index is 6.14. The van der Waals surface area contributed by atoms with E-state index in [1.165, 1.54) is 5.56 Å². The molecule has 0 unspecified atom stereocenters. The summed E-state index contributed by atoms with van der Waals surface area (Å²) in [6, 6.07) is 60.5. The van der Waals surface area contributed by atoms with Crippen LogP contribution in [0.25, 0.3) is 89.5 Å². The van der Waals surface area contributed by atoms with Crippen LogP contribution in [0.1, 0.15) is 0 Å². The molecule has 0 N–H and O–H groups in total. The summed E-state index contributed by atoms with van der Waals surface area (Å²) in [4.78, 5) is 14.9. The predicted molar refractivity (Wildman–Crippen MR) is 200 cm³/mol. The number of furan rings is 1. The maximum Gasteiger partial charge on any atom is 0.164 e. The van der Waals surface area contributed by atoms with E-state index >= 15 is 0 Å². The molecule has 0 aliphatic rings. The lowest BCUT2D eigenvalue weighted by molar-refractivity contribution is 0.669. The first-order chi connectivity index (χ1) is 24.3. The van der Waals surface area contributed by atoms with Gasteiger partial charge in [-0.1, -0.05) is 158 Å². The molecule has 7 aromatic carbocycles. The Bertz CT molecular complexity index is 2570. The van der Waals surface area contributed by atoms with Crippen LogP contribution in [0.5, 0.6) is 0 Å². The molecule has 0 aliphatic carbocycles. The lowest BCUT2D eigenvalue weighted by atomic mass is 9.96. The lowest BCUT2D eigenvalue weighted by Gasteiger charge is -2.11. The van der Waals surface area contributed by atoms with Gasteiger partial charge in [0.05, 0.1) is 0 Å². The summed E-state index contributed by atoms with van der Waals surface area (Å²) in [7, 11) is 0. The van der Waals surface area contributed by atoms with Gasteiger partial charge in [0.15, 0.2) is 17.5 Å². The highest BCUT2D eigenvalue weighted by atomic mass is 16.3. The minimum atomic E-state index is 0.632. The third-order valence-electron chi connectivity index (χ3n) is 8.97. The summed E-state index contributed by atoms with van der Waals surface area (Å²) in [5.74, 6) is 1.91. The van der Waals surface area contributed by atoms with E-state index in [1.54, 1.807) is 0 Å². The van der Waals surface area contributed by atoms with Gasteiger partial charge in [0.2, 0.25) is 0 Å². The van der Waals surface area contributed by atoms with Crippen LogP contribution < -0.4 is 0 Å². The monoisotopic (exact) mass is 627 g/mol. The molecule has 0 spiro atoms. The van der Waals surface area contributed by atoms with Crippen molar-refractivity contribution < 1.29 is 4.42 Å². The fourth-order valence-electron chi connectivity index (χ4n) is 6.49. The van der Waals surface area contributed by atoms with E-state index in [2.05, 4.69) is 121 Å². The van der Waals surface area contributed by atoms with Crippen molar-refractivity contribution in [2.24, 2.45) is 0 Å². The van der Waals surface area contributed by atoms with E-state index in [1.807, 2.05) is 54.6 Å². The van der Waals surface area contributed by atoms with Crippen molar-refractivity contribution in [3.8, 4) is 67.5 Å². The third kappa shape index (κ3) is 5.45. The topological polar surface area (TPSA) is 51.8 Å². The minimum absolute atomic E-state index is 0.632. The molecule has 0 saturated heterocycles. The lowest BCUT2D eigenvalue weighted by Crippen LogP contribution is -2.00. The fourth-order valence-corrected chi connectivity index (χ4v) is 6.49. The third-order valence-corrected chi connectivity index (χ3v) is 8.97. The average molecular weight is 628 g/mol. The molecule has 0 atom stereocenters. The van der Waals surface area contributed by atoms with Crippen LogP contribution >= 0.6 is 0 Å². The molecule has 230 valence electrons. The van der Waals surface area contributed by atoms with Gasteiger partial charge in [-0.05, 0) is 51.6 Å². The second kappa shape index (κ2) is 12.2. The molecular weight excluding hydrogens is 599 g/mol. The van der Waals surface area contributed by atoms with Crippen LogP contribution in [0.2, 0.25) is 0 Å². The van der Waals surface area contributed by atoms with Crippen LogP contribution in [0.15, 0.2) is 180 Å². The highest BCUT2D eigenvalue weighted by Gasteiger charge is 2.15. The Hall–Kier alpha value is -6.65. The number of para-hydroxylation sites is 1. The molecule has 0 saturated carbocycles. The SMILES string of the molecule is c1ccc(-c2ccc(-c3nc(-c4ccccc4)nc(-c4cccc(-c5ccc(-c6cccc7oc8ccccc8c67)cc5)c4)n3)cc2)cc1. The molecule has 0 bridgehead atoms. The quantitative estimate of drug-likeness (QED) is 0.184. The zero-order valence-corrected chi connectivity index (χ0v) is 26.5. The van der Waals surface area contributed by atoms with E-state index in [0.717, 1.165) is 66.4 Å². The summed E-state index contributed by atoms with van der Waals surface area (Å²) >= 11 is 0. The van der Waals surface area contributed by atoms with Crippen molar-refractivity contribution in [2.75, 3.05) is 0 Å². The first kappa shape index (κ1) is 28.6. The Morgan fingerprint density at radius 1 is 0.306 bits per heavy atom. The van der Waals surface area contributed by atoms with Crippen molar-refractivity contribution in [3.63, 3.8) is 0 Å². The minimum Gasteiger partial charge on any atom is -0.456 e. The van der Waals surface area contributed by atoms with Crippen molar-refractivity contribution in [3.05, 3.63) is 176 Å². The molecule has 2 heterocycles. The van der Waals surface area contributed by atoms with Crippen LogP contribution in [0.4, 0.5) is 0 Å². The van der Waals surface area contributed by atoms with Gasteiger partial charge in [-0.25, -0.2) is 15.0 Å². The normalized spacial score (nSPS) is 11.3. The van der Waals surface area contributed by atoms with Gasteiger partial charge in [0, 0.05) is 27.5 Å². The Balaban J connectivity index is 1.08. The molecule has 0 amide bonds. The highest BCUT2D eigenvalue weighted by molar-refractivity contribution is 6.12. The second-order valence-corrected chi connectivity index (χ2v) is 12.1. The van der Waals surface area contributed by atoms with E-state index in [0.29, 0.717) is 17.5 Å². The van der Waals surface area contributed by atoms with Crippen molar-refractivity contribution in [1.82, 2.24) is 15.0 Å². The number of fused-ring (bicyclic) bond motifs is 3. The van der Waals surface area contributed by atoms with Crippen molar-refractivity contribution in [1.29, 1.82) is 0 Å². The standard InChI is InChI=1S/C45H29N3O/c1-3-11-30(12-4-1)31-23-27-35(28-24-31)44-46-43(34-13-5-2-6-14-34)47-45(48-44)37-16-9-15-36(29-37)32-21-25-33(26-22-32)38-18-10-20-41-42(38)39-17-7-8-19-40(39)49-41/h1-29H. The second-order valence-electron chi connectivity index (χ2n) is 12.1. The summed E-state index contributed by atoms with van der Waals surface area (Å²) in [6.45, 7) is 0. The summed E-state index contributed by atoms with van der Waals surface area (Å²) in [5, 5.41) is 2.27. The number of aromatic nitrogens is 3. The van der Waals surface area contributed by atoms with Crippen LogP contribution in [-0.4, -0.2) is 15.0 Å². The predicted octanol–water partition coefficient (Wildman–Crippen LogP) is 11.8. The van der Waals surface area contributed by atoms with Gasteiger partial charge in [0.25, 0.3) is 0 Å². The smallest absolute Gasteiger partial charge is 0.164 e. The Morgan fingerprint density at radius 3 is 1.47 bits per heavy atom. The van der Waals surface area contributed by atoms with Gasteiger partial charge in [-0.3, -0.25) is 0 Å². The zero-order chi connectivity index (χ0) is 32.6. The van der Waals surface area contributed by atoms with Gasteiger partial charge in [-0.2, -0.15) is 0 Å². The van der Waals surface area contributed by atoms with E-state index < -0.39 is 0 Å². The van der Waals surface area contributed by atoms with Crippen LogP contribution in [0.3, 0.4) is 0 Å². The summed E-state index contributed by atoms with van der Waals surface area (Å²) in [5.41, 5.74) is 11.4. The maximum atomic E-state index is 6.14. The molecule has 4 nitrogen and oxygen atoms in total. The molecule has 0 aliphatic heterocycles. The molecule has 0 fully saturated rings. The largest absolute Gasteiger partial charge is 0.456 e. The van der Waals surface area contributed by atoms with Crippen LogP contribution in [0, 0.1) is 0 Å². The zero-order valence-electron chi connectivity index (χ0n) is 26.5. The van der Waals surface area contributed by atoms with E-state index in [-0.39, 0.29) is 0 Å². The number of benzene rings is 7. The Kier molecular flexibility index (Phi) is 7.10. The molecule has 2 aromatic heterocycles. The molecule has 4 heteroatoms. The molecule has 9 aromatic rings.